The van der Waals surface area contributed by atoms with E-state index in [1.165, 1.54) is 4.85 Å². The molecule has 1 aromatic heterocycles. The molecule has 0 fully saturated rings. The van der Waals surface area contributed by atoms with Crippen LogP contribution in [0.25, 0.3) is 11.0 Å². The Labute approximate surface area is 153 Å². The highest BCUT2D eigenvalue weighted by Gasteiger charge is 2.17. The van der Waals surface area contributed by atoms with Crippen LogP contribution in [0.15, 0.2) is 36.4 Å². The maximum atomic E-state index is 12.2. The maximum Gasteiger partial charge on any atom is 0.261 e. The van der Waals surface area contributed by atoms with Crippen LogP contribution in [0.3, 0.4) is 0 Å². The summed E-state index contributed by atoms with van der Waals surface area (Å²) in [6.45, 7) is 1.88. The molecule has 2 heterocycles. The second kappa shape index (κ2) is 6.72. The first kappa shape index (κ1) is 16.5. The van der Waals surface area contributed by atoms with Gasteiger partial charge in [0.2, 0.25) is 6.79 Å². The van der Waals surface area contributed by atoms with Crippen molar-refractivity contribution in [2.75, 3.05) is 13.4 Å². The molecule has 0 saturated heterocycles. The van der Waals surface area contributed by atoms with Crippen LogP contribution in [0.1, 0.15) is 18.5 Å². The number of nitrogens with zero attached hydrogens (tertiary/aromatic N) is 3. The van der Waals surface area contributed by atoms with E-state index >= 15 is 0 Å². The van der Waals surface area contributed by atoms with Gasteiger partial charge in [0.05, 0.1) is 6.04 Å². The normalized spacial score (nSPS) is 13.6. The van der Waals surface area contributed by atoms with Crippen LogP contribution in [-0.4, -0.2) is 34.5 Å². The first-order valence-corrected chi connectivity index (χ1v) is 8.31. The van der Waals surface area contributed by atoms with Gasteiger partial charge in [-0.05, 0) is 48.0 Å². The summed E-state index contributed by atoms with van der Waals surface area (Å²) in [6, 6.07) is 10.4. The fraction of sp³-hybridized carbons (Fsp3) is 0.235. The molecule has 1 aliphatic heterocycles. The molecule has 1 atom stereocenters. The van der Waals surface area contributed by atoms with E-state index in [0.29, 0.717) is 27.6 Å². The highest BCUT2D eigenvalue weighted by atomic mass is 35.5. The number of halogens is 1. The van der Waals surface area contributed by atoms with Crippen molar-refractivity contribution in [3.05, 3.63) is 47.0 Å². The smallest absolute Gasteiger partial charge is 0.261 e. The molecule has 2 aromatic carbocycles. The SMILES string of the molecule is C[C@H](NC(=O)COn1nnc2ccc(Cl)cc21)c1ccc2c(c1)OCO2. The molecule has 0 bridgehead atoms. The van der Waals surface area contributed by atoms with Crippen LogP contribution in [0.5, 0.6) is 11.5 Å². The van der Waals surface area contributed by atoms with E-state index in [2.05, 4.69) is 15.6 Å². The standard InChI is InChI=1S/C17H15ClN4O4/c1-10(11-2-5-15-16(6-11)25-9-24-15)19-17(23)8-26-22-14-7-12(18)3-4-13(14)20-21-22/h2-7,10H,8-9H2,1H3,(H,19,23)/t10-/m0/s1. The number of benzene rings is 2. The molecule has 134 valence electrons. The summed E-state index contributed by atoms with van der Waals surface area (Å²) in [4.78, 5) is 18.8. The van der Waals surface area contributed by atoms with Crippen molar-refractivity contribution in [3.8, 4) is 11.5 Å². The molecule has 0 unspecified atom stereocenters. The number of hydrogen-bond donors (Lipinski definition) is 1. The lowest BCUT2D eigenvalue weighted by Crippen LogP contribution is -2.33. The number of fused-ring (bicyclic) bond motifs is 2. The third kappa shape index (κ3) is 3.23. The summed E-state index contributed by atoms with van der Waals surface area (Å²) in [5.74, 6) is 1.08. The monoisotopic (exact) mass is 374 g/mol. The molecule has 0 saturated carbocycles. The van der Waals surface area contributed by atoms with Gasteiger partial charge in [-0.25, -0.2) is 0 Å². The highest BCUT2D eigenvalue weighted by Crippen LogP contribution is 2.34. The number of hydrogen-bond acceptors (Lipinski definition) is 6. The van der Waals surface area contributed by atoms with Crippen molar-refractivity contribution >= 4 is 28.5 Å². The minimum atomic E-state index is -0.291. The Kier molecular flexibility index (Phi) is 4.26. The van der Waals surface area contributed by atoms with Gasteiger partial charge < -0.3 is 19.6 Å². The number of aromatic nitrogens is 3. The van der Waals surface area contributed by atoms with Crippen molar-refractivity contribution in [1.29, 1.82) is 0 Å². The lowest BCUT2D eigenvalue weighted by Gasteiger charge is -2.15. The molecule has 1 aliphatic rings. The van der Waals surface area contributed by atoms with Gasteiger partial charge in [-0.15, -0.1) is 5.10 Å². The molecule has 0 spiro atoms. The summed E-state index contributed by atoms with van der Waals surface area (Å²) in [7, 11) is 0. The van der Waals surface area contributed by atoms with Gasteiger partial charge in [-0.1, -0.05) is 22.5 Å². The summed E-state index contributed by atoms with van der Waals surface area (Å²) in [6.07, 6.45) is 0. The van der Waals surface area contributed by atoms with Crippen molar-refractivity contribution in [2.24, 2.45) is 0 Å². The van der Waals surface area contributed by atoms with Crippen LogP contribution >= 0.6 is 11.6 Å². The number of nitrogens with one attached hydrogen (secondary N) is 1. The molecule has 3 aromatic rings. The largest absolute Gasteiger partial charge is 0.454 e. The van der Waals surface area contributed by atoms with Gasteiger partial charge >= 0.3 is 0 Å². The lowest BCUT2D eigenvalue weighted by molar-refractivity contribution is -0.127. The predicted molar refractivity (Wildman–Crippen MR) is 93.1 cm³/mol. The average Bonchev–Trinajstić information content (AvgIpc) is 3.25. The molecule has 0 radical (unpaired) electrons. The molecule has 26 heavy (non-hydrogen) atoms. The summed E-state index contributed by atoms with van der Waals surface area (Å²) >= 11 is 5.96. The fourth-order valence-electron chi connectivity index (χ4n) is 2.64. The zero-order valence-corrected chi connectivity index (χ0v) is 14.6. The zero-order valence-electron chi connectivity index (χ0n) is 13.8. The first-order valence-electron chi connectivity index (χ1n) is 7.93. The molecule has 4 rings (SSSR count). The number of ether oxygens (including phenoxy) is 2. The summed E-state index contributed by atoms with van der Waals surface area (Å²) in [5.41, 5.74) is 2.12. The number of rotatable bonds is 5. The van der Waals surface area contributed by atoms with E-state index in [-0.39, 0.29) is 25.3 Å². The minimum absolute atomic E-state index is 0.208. The van der Waals surface area contributed by atoms with Crippen molar-refractivity contribution in [1.82, 2.24) is 20.5 Å². The van der Waals surface area contributed by atoms with E-state index in [1.54, 1.807) is 18.2 Å². The van der Waals surface area contributed by atoms with Crippen LogP contribution in [0.2, 0.25) is 5.02 Å². The lowest BCUT2D eigenvalue weighted by atomic mass is 10.1. The molecule has 0 aliphatic carbocycles. The Morgan fingerprint density at radius 3 is 3.04 bits per heavy atom. The van der Waals surface area contributed by atoms with Crippen LogP contribution in [0.4, 0.5) is 0 Å². The van der Waals surface area contributed by atoms with Gasteiger partial charge in [-0.3, -0.25) is 4.79 Å². The number of amides is 1. The quantitative estimate of drug-likeness (QED) is 0.736. The van der Waals surface area contributed by atoms with Crippen molar-refractivity contribution in [3.63, 3.8) is 0 Å². The maximum absolute atomic E-state index is 12.2. The molecular weight excluding hydrogens is 360 g/mol. The second-order valence-corrected chi connectivity index (χ2v) is 6.21. The minimum Gasteiger partial charge on any atom is -0.454 e. The van der Waals surface area contributed by atoms with E-state index in [4.69, 9.17) is 25.9 Å². The van der Waals surface area contributed by atoms with Crippen LogP contribution < -0.4 is 19.6 Å². The third-order valence-corrected chi connectivity index (χ3v) is 4.20. The number of carbonyl (C=O) groups excluding carboxylic acids is 1. The van der Waals surface area contributed by atoms with E-state index in [0.717, 1.165) is 5.56 Å². The molecule has 1 N–H and O–H groups in total. The Bertz CT molecular complexity index is 975. The Morgan fingerprint density at radius 1 is 1.31 bits per heavy atom. The van der Waals surface area contributed by atoms with Gasteiger partial charge in [0.25, 0.3) is 5.91 Å². The first-order chi connectivity index (χ1) is 12.6. The number of carbonyl (C=O) groups is 1. The summed E-state index contributed by atoms with van der Waals surface area (Å²) < 4.78 is 10.6. The Morgan fingerprint density at radius 2 is 2.15 bits per heavy atom. The highest BCUT2D eigenvalue weighted by molar-refractivity contribution is 6.31. The van der Waals surface area contributed by atoms with Gasteiger partial charge in [-0.2, -0.15) is 0 Å². The molecular formula is C17H15ClN4O4. The Hall–Kier alpha value is -3.00. The van der Waals surface area contributed by atoms with Gasteiger partial charge in [0, 0.05) is 5.02 Å². The third-order valence-electron chi connectivity index (χ3n) is 3.97. The van der Waals surface area contributed by atoms with Crippen molar-refractivity contribution in [2.45, 2.75) is 13.0 Å². The van der Waals surface area contributed by atoms with Crippen LogP contribution in [-0.2, 0) is 4.79 Å². The second-order valence-electron chi connectivity index (χ2n) is 5.77. The van der Waals surface area contributed by atoms with Crippen molar-refractivity contribution < 1.29 is 19.1 Å². The zero-order chi connectivity index (χ0) is 18.1. The molecule has 9 heteroatoms. The van der Waals surface area contributed by atoms with Gasteiger partial charge in [0.1, 0.15) is 11.0 Å². The Balaban J connectivity index is 1.38. The topological polar surface area (TPSA) is 87.5 Å². The molecule has 8 nitrogen and oxygen atoms in total. The summed E-state index contributed by atoms with van der Waals surface area (Å²) in [5, 5.41) is 11.2. The molecule has 1 amide bonds. The fourth-order valence-corrected chi connectivity index (χ4v) is 2.80. The van der Waals surface area contributed by atoms with E-state index < -0.39 is 0 Å². The predicted octanol–water partition coefficient (Wildman–Crippen LogP) is 2.12. The van der Waals surface area contributed by atoms with Gasteiger partial charge in [0.15, 0.2) is 18.1 Å². The van der Waals surface area contributed by atoms with Crippen LogP contribution in [0, 0.1) is 0 Å². The van der Waals surface area contributed by atoms with E-state index in [9.17, 15) is 4.79 Å². The average molecular weight is 375 g/mol. The van der Waals surface area contributed by atoms with E-state index in [1.807, 2.05) is 25.1 Å².